The van der Waals surface area contributed by atoms with Gasteiger partial charge in [-0.1, -0.05) is 0 Å². The van der Waals surface area contributed by atoms with Gasteiger partial charge in [0.2, 0.25) is 0 Å². The summed E-state index contributed by atoms with van der Waals surface area (Å²) in [7, 11) is 0. The Balaban J connectivity index is 2.16. The number of rotatable bonds is 2. The molecule has 16 heavy (non-hydrogen) atoms. The van der Waals surface area contributed by atoms with Gasteiger partial charge in [0.05, 0.1) is 12.7 Å². The lowest BCUT2D eigenvalue weighted by Gasteiger charge is -2.33. The van der Waals surface area contributed by atoms with Crippen molar-refractivity contribution in [3.63, 3.8) is 0 Å². The molecule has 2 N–H and O–H groups in total. The van der Waals surface area contributed by atoms with E-state index in [2.05, 4.69) is 38.8 Å². The number of hydrogen-bond donors (Lipinski definition) is 1. The molecule has 2 rings (SSSR count). The summed E-state index contributed by atoms with van der Waals surface area (Å²) in [5.41, 5.74) is 6.80. The predicted molar refractivity (Wildman–Crippen MR) is 67.7 cm³/mol. The number of aromatic nitrogens is 1. The lowest BCUT2D eigenvalue weighted by Crippen LogP contribution is -2.46. The van der Waals surface area contributed by atoms with Crippen LogP contribution < -0.4 is 10.6 Å². The highest BCUT2D eigenvalue weighted by Crippen LogP contribution is 2.22. The number of aryl methyl sites for hydroxylation is 1. The quantitative estimate of drug-likeness (QED) is 0.891. The second-order valence-corrected chi connectivity index (χ2v) is 4.88. The molecule has 0 amide bonds. The maximum Gasteiger partial charge on any atom is 0.131 e. The van der Waals surface area contributed by atoms with Crippen LogP contribution in [0, 0.1) is 6.92 Å². The molecule has 2 heterocycles. The van der Waals surface area contributed by atoms with Crippen LogP contribution >= 0.6 is 15.9 Å². The molecule has 1 aliphatic rings. The van der Waals surface area contributed by atoms with Crippen molar-refractivity contribution >= 4 is 21.7 Å². The highest BCUT2D eigenvalue weighted by molar-refractivity contribution is 9.10. The molecule has 0 bridgehead atoms. The van der Waals surface area contributed by atoms with E-state index in [1.54, 1.807) is 0 Å². The molecule has 0 saturated carbocycles. The van der Waals surface area contributed by atoms with Crippen LogP contribution in [-0.4, -0.2) is 37.3 Å². The molecule has 1 aromatic rings. The van der Waals surface area contributed by atoms with Crippen LogP contribution in [0.1, 0.15) is 5.56 Å². The third-order valence-corrected chi connectivity index (χ3v) is 3.15. The standard InChI is InChI=1S/C11H16BrN3O/c1-8-4-9(12)6-14-11(8)15-2-3-16-10(5-13)7-15/h4,6,10H,2-3,5,7,13H2,1H3. The SMILES string of the molecule is Cc1cc(Br)cnc1N1CCOC(CN)C1. The second-order valence-electron chi connectivity index (χ2n) is 3.97. The fraction of sp³-hybridized carbons (Fsp3) is 0.545. The molecule has 1 saturated heterocycles. The maximum absolute atomic E-state index is 5.63. The largest absolute Gasteiger partial charge is 0.373 e. The highest BCUT2D eigenvalue weighted by Gasteiger charge is 2.21. The summed E-state index contributed by atoms with van der Waals surface area (Å²) in [6.07, 6.45) is 1.95. The van der Waals surface area contributed by atoms with Crippen molar-refractivity contribution in [3.8, 4) is 0 Å². The number of nitrogens with zero attached hydrogens (tertiary/aromatic N) is 2. The van der Waals surface area contributed by atoms with E-state index in [4.69, 9.17) is 10.5 Å². The van der Waals surface area contributed by atoms with Crippen molar-refractivity contribution in [2.45, 2.75) is 13.0 Å². The molecule has 1 atom stereocenters. The minimum absolute atomic E-state index is 0.124. The molecule has 4 nitrogen and oxygen atoms in total. The Hall–Kier alpha value is -0.650. The first-order valence-corrected chi connectivity index (χ1v) is 6.18. The van der Waals surface area contributed by atoms with Crippen molar-refractivity contribution in [3.05, 3.63) is 22.3 Å². The molecule has 1 fully saturated rings. The average Bonchev–Trinajstić information content (AvgIpc) is 2.29. The Labute approximate surface area is 104 Å². The van der Waals surface area contributed by atoms with Gasteiger partial charge in [0.25, 0.3) is 0 Å². The first kappa shape index (κ1) is 11.8. The van der Waals surface area contributed by atoms with Crippen LogP contribution in [0.4, 0.5) is 5.82 Å². The van der Waals surface area contributed by atoms with Crippen LogP contribution in [0.15, 0.2) is 16.7 Å². The van der Waals surface area contributed by atoms with Crippen LogP contribution in [-0.2, 0) is 4.74 Å². The predicted octanol–water partition coefficient (Wildman–Crippen LogP) is 1.32. The van der Waals surface area contributed by atoms with Gasteiger partial charge in [0, 0.05) is 30.3 Å². The minimum Gasteiger partial charge on any atom is -0.373 e. The van der Waals surface area contributed by atoms with Gasteiger partial charge in [-0.25, -0.2) is 4.98 Å². The summed E-state index contributed by atoms with van der Waals surface area (Å²) < 4.78 is 6.55. The van der Waals surface area contributed by atoms with E-state index < -0.39 is 0 Å². The van der Waals surface area contributed by atoms with E-state index in [0.717, 1.165) is 30.0 Å². The Morgan fingerprint density at radius 3 is 3.19 bits per heavy atom. The van der Waals surface area contributed by atoms with E-state index in [1.165, 1.54) is 5.56 Å². The summed E-state index contributed by atoms with van der Waals surface area (Å²) in [6, 6.07) is 2.08. The lowest BCUT2D eigenvalue weighted by molar-refractivity contribution is 0.0462. The van der Waals surface area contributed by atoms with Crippen LogP contribution in [0.3, 0.4) is 0 Å². The summed E-state index contributed by atoms with van der Waals surface area (Å²) in [6.45, 7) is 5.06. The van der Waals surface area contributed by atoms with Crippen molar-refractivity contribution in [1.29, 1.82) is 0 Å². The number of morpholine rings is 1. The van der Waals surface area contributed by atoms with Gasteiger partial charge in [-0.3, -0.25) is 0 Å². The van der Waals surface area contributed by atoms with Gasteiger partial charge in [-0.15, -0.1) is 0 Å². The number of ether oxygens (including phenoxy) is 1. The zero-order valence-corrected chi connectivity index (χ0v) is 10.9. The minimum atomic E-state index is 0.124. The van der Waals surface area contributed by atoms with E-state index in [1.807, 2.05) is 6.20 Å². The van der Waals surface area contributed by atoms with Gasteiger partial charge in [0.1, 0.15) is 5.82 Å². The molecule has 1 aliphatic heterocycles. The lowest BCUT2D eigenvalue weighted by atomic mass is 10.2. The van der Waals surface area contributed by atoms with Gasteiger partial charge >= 0.3 is 0 Å². The zero-order valence-electron chi connectivity index (χ0n) is 9.32. The first-order chi connectivity index (χ1) is 7.70. The molecule has 1 aromatic heterocycles. The van der Waals surface area contributed by atoms with Gasteiger partial charge in [-0.2, -0.15) is 0 Å². The number of halogens is 1. The van der Waals surface area contributed by atoms with Gasteiger partial charge in [0.15, 0.2) is 0 Å². The average molecular weight is 286 g/mol. The number of hydrogen-bond acceptors (Lipinski definition) is 4. The molecular formula is C11H16BrN3O. The van der Waals surface area contributed by atoms with Crippen molar-refractivity contribution < 1.29 is 4.74 Å². The molecule has 0 aliphatic carbocycles. The summed E-state index contributed by atoms with van der Waals surface area (Å²) in [5.74, 6) is 1.03. The third-order valence-electron chi connectivity index (χ3n) is 2.72. The Bertz CT molecular complexity index is 372. The summed E-state index contributed by atoms with van der Waals surface area (Å²) in [5, 5.41) is 0. The molecule has 0 radical (unpaired) electrons. The smallest absolute Gasteiger partial charge is 0.131 e. The maximum atomic E-state index is 5.63. The Morgan fingerprint density at radius 1 is 1.69 bits per heavy atom. The number of pyridine rings is 1. The van der Waals surface area contributed by atoms with E-state index in [-0.39, 0.29) is 6.10 Å². The number of nitrogens with two attached hydrogens (primary N) is 1. The molecule has 88 valence electrons. The molecule has 0 spiro atoms. The zero-order chi connectivity index (χ0) is 11.5. The summed E-state index contributed by atoms with van der Waals surface area (Å²) in [4.78, 5) is 6.69. The van der Waals surface area contributed by atoms with Crippen LogP contribution in [0.25, 0.3) is 0 Å². The van der Waals surface area contributed by atoms with Crippen molar-refractivity contribution in [2.75, 3.05) is 31.1 Å². The highest BCUT2D eigenvalue weighted by atomic mass is 79.9. The third kappa shape index (κ3) is 2.53. The van der Waals surface area contributed by atoms with E-state index in [9.17, 15) is 0 Å². The van der Waals surface area contributed by atoms with Crippen LogP contribution in [0.5, 0.6) is 0 Å². The molecular weight excluding hydrogens is 270 g/mol. The monoisotopic (exact) mass is 285 g/mol. The molecule has 1 unspecified atom stereocenters. The number of anilines is 1. The van der Waals surface area contributed by atoms with E-state index in [0.29, 0.717) is 6.54 Å². The van der Waals surface area contributed by atoms with E-state index >= 15 is 0 Å². The molecule has 5 heteroatoms. The van der Waals surface area contributed by atoms with Gasteiger partial charge in [-0.05, 0) is 34.5 Å². The normalized spacial score (nSPS) is 21.2. The fourth-order valence-corrected chi connectivity index (χ4v) is 2.36. The first-order valence-electron chi connectivity index (χ1n) is 5.39. The topological polar surface area (TPSA) is 51.4 Å². The fourth-order valence-electron chi connectivity index (χ4n) is 1.92. The second kappa shape index (κ2) is 5.12. The van der Waals surface area contributed by atoms with Crippen LogP contribution in [0.2, 0.25) is 0 Å². The molecule has 0 aromatic carbocycles. The van der Waals surface area contributed by atoms with Gasteiger partial charge < -0.3 is 15.4 Å². The Kier molecular flexibility index (Phi) is 3.78. The van der Waals surface area contributed by atoms with Crippen molar-refractivity contribution in [2.24, 2.45) is 5.73 Å². The summed E-state index contributed by atoms with van der Waals surface area (Å²) >= 11 is 3.42. The Morgan fingerprint density at radius 2 is 2.50 bits per heavy atom. The van der Waals surface area contributed by atoms with Crippen molar-refractivity contribution in [1.82, 2.24) is 4.98 Å².